The van der Waals surface area contributed by atoms with Crippen molar-refractivity contribution in [3.8, 4) is 0 Å². The lowest BCUT2D eigenvalue weighted by molar-refractivity contribution is -0.116. The summed E-state index contributed by atoms with van der Waals surface area (Å²) in [6.07, 6.45) is 0. The maximum absolute atomic E-state index is 13.2. The Balaban J connectivity index is 2.01. The van der Waals surface area contributed by atoms with Crippen molar-refractivity contribution < 1.29 is 18.4 Å². The summed E-state index contributed by atoms with van der Waals surface area (Å²) in [5.74, 6) is -2.95. The van der Waals surface area contributed by atoms with Gasteiger partial charge in [-0.25, -0.2) is 8.78 Å². The van der Waals surface area contributed by atoms with Gasteiger partial charge in [-0.2, -0.15) is 0 Å². The van der Waals surface area contributed by atoms with E-state index in [0.717, 1.165) is 12.1 Å². The Hall–Kier alpha value is -2.18. The summed E-state index contributed by atoms with van der Waals surface area (Å²) in [7, 11) is 0. The number of benzene rings is 2. The van der Waals surface area contributed by atoms with E-state index in [0.29, 0.717) is 15.7 Å². The first-order chi connectivity index (χ1) is 11.8. The highest BCUT2D eigenvalue weighted by atomic mass is 35.5. The van der Waals surface area contributed by atoms with Crippen LogP contribution in [0.1, 0.15) is 17.3 Å². The van der Waals surface area contributed by atoms with Crippen LogP contribution in [0.4, 0.5) is 14.5 Å². The van der Waals surface area contributed by atoms with Crippen molar-refractivity contribution in [2.75, 3.05) is 18.0 Å². The van der Waals surface area contributed by atoms with E-state index >= 15 is 0 Å². The molecule has 4 nitrogen and oxygen atoms in total. The Morgan fingerprint density at radius 1 is 1.04 bits per heavy atom. The van der Waals surface area contributed by atoms with Crippen LogP contribution in [-0.2, 0) is 4.79 Å². The number of amides is 2. The number of anilines is 1. The SMILES string of the molecule is CC(=O)N(CCNC(=O)c1ccc(F)c(F)c1)c1ccc(Cl)c(Cl)c1. The van der Waals surface area contributed by atoms with Crippen LogP contribution in [0.2, 0.25) is 10.0 Å². The van der Waals surface area contributed by atoms with E-state index in [2.05, 4.69) is 5.32 Å². The van der Waals surface area contributed by atoms with Gasteiger partial charge in [-0.3, -0.25) is 9.59 Å². The van der Waals surface area contributed by atoms with Gasteiger partial charge in [0.15, 0.2) is 11.6 Å². The van der Waals surface area contributed by atoms with Crippen molar-refractivity contribution >= 4 is 40.7 Å². The van der Waals surface area contributed by atoms with Crippen molar-refractivity contribution in [2.24, 2.45) is 0 Å². The normalized spacial score (nSPS) is 10.4. The highest BCUT2D eigenvalue weighted by molar-refractivity contribution is 6.42. The third kappa shape index (κ3) is 4.90. The van der Waals surface area contributed by atoms with Crippen LogP contribution in [0.15, 0.2) is 36.4 Å². The molecule has 0 unspecified atom stereocenters. The molecular formula is C17H14Cl2F2N2O2. The van der Waals surface area contributed by atoms with Gasteiger partial charge in [0.05, 0.1) is 10.0 Å². The molecule has 0 spiro atoms. The van der Waals surface area contributed by atoms with Crippen LogP contribution in [0.5, 0.6) is 0 Å². The summed E-state index contributed by atoms with van der Waals surface area (Å²) in [5, 5.41) is 3.21. The third-order valence-electron chi connectivity index (χ3n) is 3.40. The number of carbonyl (C=O) groups excluding carboxylic acids is 2. The van der Waals surface area contributed by atoms with Crippen LogP contribution >= 0.6 is 23.2 Å². The molecule has 2 rings (SSSR count). The molecule has 0 saturated heterocycles. The smallest absolute Gasteiger partial charge is 0.251 e. The predicted molar refractivity (Wildman–Crippen MR) is 93.2 cm³/mol. The molecule has 0 fully saturated rings. The minimum Gasteiger partial charge on any atom is -0.350 e. The molecule has 2 amide bonds. The van der Waals surface area contributed by atoms with Gasteiger partial charge in [-0.15, -0.1) is 0 Å². The van der Waals surface area contributed by atoms with Gasteiger partial charge in [0.1, 0.15) is 0 Å². The molecule has 2 aromatic rings. The molecule has 0 bridgehead atoms. The Bertz CT molecular complexity index is 815. The molecule has 0 aliphatic rings. The molecule has 0 aromatic heterocycles. The van der Waals surface area contributed by atoms with E-state index in [9.17, 15) is 18.4 Å². The molecule has 0 radical (unpaired) electrons. The topological polar surface area (TPSA) is 49.4 Å². The monoisotopic (exact) mass is 386 g/mol. The average Bonchev–Trinajstić information content (AvgIpc) is 2.56. The molecule has 132 valence electrons. The maximum Gasteiger partial charge on any atom is 0.251 e. The average molecular weight is 387 g/mol. The highest BCUT2D eigenvalue weighted by Crippen LogP contribution is 2.27. The summed E-state index contributed by atoms with van der Waals surface area (Å²) in [4.78, 5) is 25.2. The van der Waals surface area contributed by atoms with Crippen LogP contribution in [0.25, 0.3) is 0 Å². The molecule has 0 atom stereocenters. The Kier molecular flexibility index (Phi) is 6.33. The number of halogens is 4. The fourth-order valence-electron chi connectivity index (χ4n) is 2.14. The lowest BCUT2D eigenvalue weighted by Gasteiger charge is -2.22. The fourth-order valence-corrected chi connectivity index (χ4v) is 2.43. The van der Waals surface area contributed by atoms with E-state index < -0.39 is 17.5 Å². The van der Waals surface area contributed by atoms with Gasteiger partial charge in [-0.1, -0.05) is 23.2 Å². The van der Waals surface area contributed by atoms with Gasteiger partial charge < -0.3 is 10.2 Å². The van der Waals surface area contributed by atoms with Crippen LogP contribution < -0.4 is 10.2 Å². The molecule has 2 aromatic carbocycles. The first-order valence-electron chi connectivity index (χ1n) is 7.26. The summed E-state index contributed by atoms with van der Waals surface area (Å²) in [6.45, 7) is 1.65. The van der Waals surface area contributed by atoms with Crippen molar-refractivity contribution in [1.29, 1.82) is 0 Å². The second kappa shape index (κ2) is 8.27. The van der Waals surface area contributed by atoms with E-state index in [1.165, 1.54) is 17.9 Å². The summed E-state index contributed by atoms with van der Waals surface area (Å²) >= 11 is 11.8. The number of hydrogen-bond acceptors (Lipinski definition) is 2. The van der Waals surface area contributed by atoms with Crippen LogP contribution in [0, 0.1) is 11.6 Å². The third-order valence-corrected chi connectivity index (χ3v) is 4.14. The van der Waals surface area contributed by atoms with Crippen molar-refractivity contribution in [3.63, 3.8) is 0 Å². The van der Waals surface area contributed by atoms with Crippen molar-refractivity contribution in [1.82, 2.24) is 5.32 Å². The summed E-state index contributed by atoms with van der Waals surface area (Å²) in [6, 6.07) is 7.61. The van der Waals surface area contributed by atoms with E-state index in [1.54, 1.807) is 18.2 Å². The first-order valence-corrected chi connectivity index (χ1v) is 8.01. The second-order valence-electron chi connectivity index (χ2n) is 5.15. The number of nitrogens with one attached hydrogen (secondary N) is 1. The second-order valence-corrected chi connectivity index (χ2v) is 5.97. The minimum absolute atomic E-state index is 0.0113. The zero-order valence-corrected chi connectivity index (χ0v) is 14.7. The lowest BCUT2D eigenvalue weighted by Crippen LogP contribution is -2.37. The van der Waals surface area contributed by atoms with Crippen molar-refractivity contribution in [3.05, 3.63) is 63.6 Å². The van der Waals surface area contributed by atoms with Crippen molar-refractivity contribution in [2.45, 2.75) is 6.92 Å². The molecule has 0 aliphatic carbocycles. The largest absolute Gasteiger partial charge is 0.350 e. The minimum atomic E-state index is -1.10. The summed E-state index contributed by atoms with van der Waals surface area (Å²) < 4.78 is 26.0. The first kappa shape index (κ1) is 19.1. The van der Waals surface area contributed by atoms with Gasteiger partial charge >= 0.3 is 0 Å². The Morgan fingerprint density at radius 2 is 1.76 bits per heavy atom. The molecule has 0 aliphatic heterocycles. The molecule has 0 heterocycles. The zero-order chi connectivity index (χ0) is 18.6. The summed E-state index contributed by atoms with van der Waals surface area (Å²) in [5.41, 5.74) is 0.520. The number of carbonyl (C=O) groups is 2. The Morgan fingerprint density at radius 3 is 2.36 bits per heavy atom. The highest BCUT2D eigenvalue weighted by Gasteiger charge is 2.14. The number of hydrogen-bond donors (Lipinski definition) is 1. The van der Waals surface area contributed by atoms with Gasteiger partial charge in [0.2, 0.25) is 5.91 Å². The molecule has 25 heavy (non-hydrogen) atoms. The fraction of sp³-hybridized carbons (Fsp3) is 0.176. The molecule has 8 heteroatoms. The predicted octanol–water partition coefficient (Wildman–Crippen LogP) is 4.05. The maximum atomic E-state index is 13.2. The number of nitrogens with zero attached hydrogens (tertiary/aromatic N) is 1. The van der Waals surface area contributed by atoms with Gasteiger partial charge in [0, 0.05) is 31.3 Å². The zero-order valence-electron chi connectivity index (χ0n) is 13.2. The van der Waals surface area contributed by atoms with E-state index in [-0.39, 0.29) is 24.6 Å². The van der Waals surface area contributed by atoms with E-state index in [4.69, 9.17) is 23.2 Å². The lowest BCUT2D eigenvalue weighted by atomic mass is 10.2. The molecule has 1 N–H and O–H groups in total. The van der Waals surface area contributed by atoms with E-state index in [1.807, 2.05) is 0 Å². The standard InChI is InChI=1S/C17H14Cl2F2N2O2/c1-10(24)23(12-3-4-13(18)14(19)9-12)7-6-22-17(25)11-2-5-15(20)16(21)8-11/h2-5,8-9H,6-7H2,1H3,(H,22,25). The quantitative estimate of drug-likeness (QED) is 0.842. The van der Waals surface area contributed by atoms with Gasteiger partial charge in [0.25, 0.3) is 5.91 Å². The Labute approximate surface area is 153 Å². The van der Waals surface area contributed by atoms with Crippen LogP contribution in [0.3, 0.4) is 0 Å². The van der Waals surface area contributed by atoms with Crippen LogP contribution in [-0.4, -0.2) is 24.9 Å². The molecular weight excluding hydrogens is 373 g/mol. The molecule has 0 saturated carbocycles. The van der Waals surface area contributed by atoms with Gasteiger partial charge in [-0.05, 0) is 36.4 Å². The number of rotatable bonds is 5.